The largest absolute Gasteiger partial charge is 0.423 e. The highest BCUT2D eigenvalue weighted by Crippen LogP contribution is 2.31. The van der Waals surface area contributed by atoms with Crippen LogP contribution in [0.15, 0.2) is 29.5 Å². The second-order valence-electron chi connectivity index (χ2n) is 7.81. The van der Waals surface area contributed by atoms with E-state index >= 15 is 0 Å². The molecule has 1 amide bonds. The monoisotopic (exact) mass is 478 g/mol. The zero-order valence-corrected chi connectivity index (χ0v) is 18.3. The molecule has 1 atom stereocenters. The van der Waals surface area contributed by atoms with Crippen LogP contribution >= 0.6 is 0 Å². The summed E-state index contributed by atoms with van der Waals surface area (Å²) in [6.07, 6.45) is -0.664. The minimum absolute atomic E-state index is 0.0174. The summed E-state index contributed by atoms with van der Waals surface area (Å²) in [6, 6.07) is 1.03. The molecule has 1 aliphatic rings. The lowest BCUT2D eigenvalue weighted by molar-refractivity contribution is -0.138. The Bertz CT molecular complexity index is 1240. The summed E-state index contributed by atoms with van der Waals surface area (Å²) < 4.78 is 46.6. The van der Waals surface area contributed by atoms with Crippen LogP contribution in [0.1, 0.15) is 34.2 Å². The van der Waals surface area contributed by atoms with Crippen LogP contribution in [0.3, 0.4) is 0 Å². The standard InChI is InChI=1S/C20H21F3N8O3/c1-11-6-24-19(25-7-11)30-3-4-31-15(18(30)33)5-13(29-31)10-34-9-12(2)27-14-8-26-28-17(32)16(14)20(21,22)23/h5-8,12H,3-4,9-10H2,1-2H3,(H2,27,28,32)/t12-/m0/s1. The average molecular weight is 478 g/mol. The van der Waals surface area contributed by atoms with Crippen LogP contribution in [0, 0.1) is 6.92 Å². The predicted molar refractivity (Wildman–Crippen MR) is 113 cm³/mol. The molecule has 0 aromatic carbocycles. The Morgan fingerprint density at radius 1 is 1.21 bits per heavy atom. The van der Waals surface area contributed by atoms with Gasteiger partial charge in [0.25, 0.3) is 11.5 Å². The molecule has 0 spiro atoms. The number of hydrogen-bond donors (Lipinski definition) is 2. The number of fused-ring (bicyclic) bond motifs is 1. The lowest BCUT2D eigenvalue weighted by atomic mass is 10.2. The molecule has 3 aromatic rings. The molecule has 11 nitrogen and oxygen atoms in total. The van der Waals surface area contributed by atoms with Crippen molar-refractivity contribution in [2.24, 2.45) is 0 Å². The molecule has 0 aliphatic carbocycles. The summed E-state index contributed by atoms with van der Waals surface area (Å²) in [5.74, 6) is 0.0265. The van der Waals surface area contributed by atoms with Crippen molar-refractivity contribution in [2.45, 2.75) is 39.2 Å². The molecule has 4 rings (SSSR count). The van der Waals surface area contributed by atoms with Gasteiger partial charge < -0.3 is 10.1 Å². The van der Waals surface area contributed by atoms with Crippen LogP contribution in [0.4, 0.5) is 24.8 Å². The third-order valence-electron chi connectivity index (χ3n) is 5.00. The Balaban J connectivity index is 1.36. The summed E-state index contributed by atoms with van der Waals surface area (Å²) in [5, 5.41) is 12.2. The Morgan fingerprint density at radius 3 is 2.65 bits per heavy atom. The summed E-state index contributed by atoms with van der Waals surface area (Å²) in [5.41, 5.74) is -1.37. The number of H-pyrrole nitrogens is 1. The Kier molecular flexibility index (Phi) is 6.32. The minimum Gasteiger partial charge on any atom is -0.378 e. The van der Waals surface area contributed by atoms with E-state index in [9.17, 15) is 22.8 Å². The zero-order chi connectivity index (χ0) is 24.5. The fraction of sp³-hybridized carbons (Fsp3) is 0.400. The highest BCUT2D eigenvalue weighted by molar-refractivity contribution is 6.04. The number of rotatable bonds is 7. The van der Waals surface area contributed by atoms with Gasteiger partial charge in [0, 0.05) is 25.0 Å². The van der Waals surface area contributed by atoms with Gasteiger partial charge in [0.15, 0.2) is 0 Å². The summed E-state index contributed by atoms with van der Waals surface area (Å²) in [7, 11) is 0. The van der Waals surface area contributed by atoms with Gasteiger partial charge >= 0.3 is 6.18 Å². The lowest BCUT2D eigenvalue weighted by Crippen LogP contribution is -2.41. The predicted octanol–water partition coefficient (Wildman–Crippen LogP) is 1.76. The first-order valence-corrected chi connectivity index (χ1v) is 10.3. The first-order chi connectivity index (χ1) is 16.1. The number of anilines is 2. The Hall–Kier alpha value is -3.81. The molecule has 3 aromatic heterocycles. The first kappa shape index (κ1) is 23.4. The highest BCUT2D eigenvalue weighted by Gasteiger charge is 2.37. The highest BCUT2D eigenvalue weighted by atomic mass is 19.4. The molecule has 0 radical (unpaired) electrons. The fourth-order valence-electron chi connectivity index (χ4n) is 3.47. The van der Waals surface area contributed by atoms with Crippen LogP contribution in [-0.2, 0) is 24.1 Å². The second kappa shape index (κ2) is 9.21. The zero-order valence-electron chi connectivity index (χ0n) is 18.3. The Labute approximate surface area is 191 Å². The molecular weight excluding hydrogens is 457 g/mol. The van der Waals surface area contributed by atoms with Crippen molar-refractivity contribution >= 4 is 17.5 Å². The number of aryl methyl sites for hydroxylation is 1. The Morgan fingerprint density at radius 2 is 1.94 bits per heavy atom. The van der Waals surface area contributed by atoms with Gasteiger partial charge in [-0.2, -0.15) is 23.4 Å². The molecule has 180 valence electrons. The number of carbonyl (C=O) groups is 1. The third kappa shape index (κ3) is 4.90. The van der Waals surface area contributed by atoms with E-state index in [1.54, 1.807) is 35.2 Å². The summed E-state index contributed by atoms with van der Waals surface area (Å²) in [6.45, 7) is 4.33. The smallest absolute Gasteiger partial charge is 0.378 e. The van der Waals surface area contributed by atoms with Crippen molar-refractivity contribution in [3.8, 4) is 0 Å². The van der Waals surface area contributed by atoms with E-state index < -0.39 is 29.0 Å². The average Bonchev–Trinajstić information content (AvgIpc) is 3.18. The molecule has 0 saturated carbocycles. The van der Waals surface area contributed by atoms with E-state index in [2.05, 4.69) is 25.5 Å². The van der Waals surface area contributed by atoms with Crippen LogP contribution in [0.2, 0.25) is 0 Å². The van der Waals surface area contributed by atoms with Crippen molar-refractivity contribution in [1.82, 2.24) is 29.9 Å². The number of alkyl halides is 3. The molecule has 0 saturated heterocycles. The van der Waals surface area contributed by atoms with E-state index in [1.807, 2.05) is 6.92 Å². The van der Waals surface area contributed by atoms with Crippen molar-refractivity contribution < 1.29 is 22.7 Å². The van der Waals surface area contributed by atoms with Gasteiger partial charge in [0.2, 0.25) is 5.95 Å². The molecule has 0 unspecified atom stereocenters. The summed E-state index contributed by atoms with van der Waals surface area (Å²) >= 11 is 0. The van der Waals surface area contributed by atoms with E-state index in [1.165, 1.54) is 4.90 Å². The van der Waals surface area contributed by atoms with E-state index in [4.69, 9.17) is 4.74 Å². The van der Waals surface area contributed by atoms with E-state index in [0.717, 1.165) is 11.8 Å². The quantitative estimate of drug-likeness (QED) is 0.525. The molecule has 0 bridgehead atoms. The minimum atomic E-state index is -4.83. The number of aromatic amines is 1. The number of hydrogen-bond acceptors (Lipinski definition) is 8. The van der Waals surface area contributed by atoms with E-state index in [0.29, 0.717) is 30.4 Å². The van der Waals surface area contributed by atoms with Crippen LogP contribution in [0.5, 0.6) is 0 Å². The molecule has 1 aliphatic heterocycles. The number of nitrogens with zero attached hydrogens (tertiary/aromatic N) is 6. The maximum atomic E-state index is 13.2. The van der Waals surface area contributed by atoms with Crippen molar-refractivity contribution in [3.05, 3.63) is 57.5 Å². The normalized spacial score (nSPS) is 14.7. The molecule has 34 heavy (non-hydrogen) atoms. The maximum absolute atomic E-state index is 13.2. The second-order valence-corrected chi connectivity index (χ2v) is 7.81. The van der Waals surface area contributed by atoms with Crippen LogP contribution in [-0.4, -0.2) is 55.0 Å². The van der Waals surface area contributed by atoms with Gasteiger partial charge in [-0.15, -0.1) is 0 Å². The summed E-state index contributed by atoms with van der Waals surface area (Å²) in [4.78, 5) is 34.3. The van der Waals surface area contributed by atoms with Gasteiger partial charge in [-0.25, -0.2) is 15.1 Å². The molecule has 4 heterocycles. The molecule has 2 N–H and O–H groups in total. The van der Waals surface area contributed by atoms with Crippen molar-refractivity contribution in [2.75, 3.05) is 23.4 Å². The van der Waals surface area contributed by atoms with E-state index in [-0.39, 0.29) is 19.1 Å². The number of nitrogens with one attached hydrogen (secondary N) is 2. The van der Waals surface area contributed by atoms with Crippen LogP contribution < -0.4 is 15.8 Å². The van der Waals surface area contributed by atoms with Gasteiger partial charge in [-0.05, 0) is 25.5 Å². The molecular formula is C20H21F3N8O3. The van der Waals surface area contributed by atoms with Crippen molar-refractivity contribution in [1.29, 1.82) is 0 Å². The number of amides is 1. The SMILES string of the molecule is Cc1cnc(N2CCn3nc(COC[C@H](C)Nc4cn[nH]c(=O)c4C(F)(F)F)cc3C2=O)nc1. The maximum Gasteiger partial charge on any atom is 0.423 e. The number of ether oxygens (including phenoxy) is 1. The lowest BCUT2D eigenvalue weighted by Gasteiger charge is -2.25. The van der Waals surface area contributed by atoms with Crippen molar-refractivity contribution in [3.63, 3.8) is 0 Å². The third-order valence-corrected chi connectivity index (χ3v) is 5.00. The first-order valence-electron chi connectivity index (χ1n) is 10.3. The van der Waals surface area contributed by atoms with Crippen LogP contribution in [0.25, 0.3) is 0 Å². The van der Waals surface area contributed by atoms with Gasteiger partial charge in [-0.1, -0.05) is 0 Å². The van der Waals surface area contributed by atoms with Gasteiger partial charge in [0.05, 0.1) is 37.3 Å². The molecule has 14 heteroatoms. The van der Waals surface area contributed by atoms with Gasteiger partial charge in [-0.3, -0.25) is 19.2 Å². The number of aromatic nitrogens is 6. The van der Waals surface area contributed by atoms with Gasteiger partial charge in [0.1, 0.15) is 11.3 Å². The molecule has 0 fully saturated rings. The fourth-order valence-corrected chi connectivity index (χ4v) is 3.47. The number of halogens is 3. The number of carbonyl (C=O) groups excluding carboxylic acids is 1. The topological polar surface area (TPSA) is 131 Å².